The second kappa shape index (κ2) is 9.20. The number of ether oxygens (including phenoxy) is 1. The van der Waals surface area contributed by atoms with E-state index in [0.29, 0.717) is 27.5 Å². The van der Waals surface area contributed by atoms with Crippen molar-refractivity contribution in [3.63, 3.8) is 0 Å². The van der Waals surface area contributed by atoms with Crippen LogP contribution in [0.2, 0.25) is 5.02 Å². The highest BCUT2D eigenvalue weighted by molar-refractivity contribution is 6.30. The molecule has 2 N–H and O–H groups in total. The highest BCUT2D eigenvalue weighted by Crippen LogP contribution is 2.16. The molecule has 2 aromatic rings. The molecule has 0 unspecified atom stereocenters. The topological polar surface area (TPSA) is 112 Å². The van der Waals surface area contributed by atoms with Gasteiger partial charge in [0.25, 0.3) is 11.5 Å². The number of carbonyl (C=O) groups is 2. The molecule has 0 aliphatic carbocycles. The van der Waals surface area contributed by atoms with E-state index in [9.17, 15) is 14.4 Å². The molecule has 0 aliphatic rings. The number of anilines is 1. The minimum atomic E-state index is -0.976. The fraction of sp³-hybridized carbons (Fsp3) is 0.300. The Morgan fingerprint density at radius 1 is 1.29 bits per heavy atom. The largest absolute Gasteiger partial charge is 0.453 e. The third kappa shape index (κ3) is 5.21. The standard InChI is InChI=1S/C20H20ClN3O4/c1-11-16(12(2)23-20(27)17(11)10-22)8-9-18(25)28-13(3)19(26)24-15-6-4-14(21)5-7-15/h4-7,13H,8-9H2,1-3H3,(H,23,27)(H,24,26)/t13-/m0/s1. The van der Waals surface area contributed by atoms with Crippen LogP contribution >= 0.6 is 11.6 Å². The molecule has 8 heteroatoms. The van der Waals surface area contributed by atoms with Gasteiger partial charge in [0, 0.05) is 22.8 Å². The van der Waals surface area contributed by atoms with Crippen molar-refractivity contribution in [3.8, 4) is 6.07 Å². The average Bonchev–Trinajstić information content (AvgIpc) is 2.63. The number of benzene rings is 1. The monoisotopic (exact) mass is 401 g/mol. The third-order valence-electron chi connectivity index (χ3n) is 4.29. The number of aryl methyl sites for hydroxylation is 1. The molecule has 1 aromatic carbocycles. The number of halogens is 1. The van der Waals surface area contributed by atoms with Gasteiger partial charge in [-0.1, -0.05) is 11.6 Å². The second-order valence-corrected chi connectivity index (χ2v) is 6.73. The summed E-state index contributed by atoms with van der Waals surface area (Å²) < 4.78 is 5.18. The Balaban J connectivity index is 1.95. The lowest BCUT2D eigenvalue weighted by Crippen LogP contribution is -2.30. The van der Waals surface area contributed by atoms with Crippen LogP contribution in [0.5, 0.6) is 0 Å². The number of pyridine rings is 1. The Morgan fingerprint density at radius 3 is 2.54 bits per heavy atom. The summed E-state index contributed by atoms with van der Waals surface area (Å²) in [6.07, 6.45) is -0.680. The summed E-state index contributed by atoms with van der Waals surface area (Å²) in [7, 11) is 0. The van der Waals surface area contributed by atoms with E-state index in [0.717, 1.165) is 0 Å². The van der Waals surface area contributed by atoms with E-state index in [2.05, 4.69) is 10.3 Å². The number of aromatic amines is 1. The number of carbonyl (C=O) groups excluding carboxylic acids is 2. The maximum absolute atomic E-state index is 12.1. The number of hydrogen-bond donors (Lipinski definition) is 2. The van der Waals surface area contributed by atoms with Gasteiger partial charge in [-0.05, 0) is 62.6 Å². The number of hydrogen-bond acceptors (Lipinski definition) is 5. The van der Waals surface area contributed by atoms with Crippen molar-refractivity contribution < 1.29 is 14.3 Å². The van der Waals surface area contributed by atoms with Gasteiger partial charge in [-0.25, -0.2) is 0 Å². The molecule has 0 radical (unpaired) electrons. The van der Waals surface area contributed by atoms with E-state index in [1.165, 1.54) is 6.92 Å². The van der Waals surface area contributed by atoms with Crippen molar-refractivity contribution in [1.82, 2.24) is 4.98 Å². The fourth-order valence-corrected chi connectivity index (χ4v) is 2.86. The van der Waals surface area contributed by atoms with E-state index < -0.39 is 23.5 Å². The molecule has 0 bridgehead atoms. The van der Waals surface area contributed by atoms with Crippen molar-refractivity contribution in [2.75, 3.05) is 5.32 Å². The number of nitrogens with one attached hydrogen (secondary N) is 2. The summed E-state index contributed by atoms with van der Waals surface area (Å²) in [5, 5.41) is 12.3. The highest BCUT2D eigenvalue weighted by Gasteiger charge is 2.19. The van der Waals surface area contributed by atoms with E-state index in [1.54, 1.807) is 38.1 Å². The van der Waals surface area contributed by atoms with E-state index >= 15 is 0 Å². The van der Waals surface area contributed by atoms with E-state index in [-0.39, 0.29) is 18.4 Å². The summed E-state index contributed by atoms with van der Waals surface area (Å²) in [6, 6.07) is 8.43. The molecule has 1 heterocycles. The number of H-pyrrole nitrogens is 1. The Bertz CT molecular complexity index is 990. The minimum absolute atomic E-state index is 0.0111. The average molecular weight is 402 g/mol. The summed E-state index contributed by atoms with van der Waals surface area (Å²) in [6.45, 7) is 4.86. The number of rotatable bonds is 6. The number of nitrogens with zero attached hydrogens (tertiary/aromatic N) is 1. The van der Waals surface area contributed by atoms with Crippen LogP contribution in [0.25, 0.3) is 0 Å². The first-order chi connectivity index (χ1) is 13.2. The Hall–Kier alpha value is -3.11. The molecule has 28 heavy (non-hydrogen) atoms. The number of aromatic nitrogens is 1. The zero-order chi connectivity index (χ0) is 20.8. The van der Waals surface area contributed by atoms with Gasteiger partial charge in [0.2, 0.25) is 0 Å². The number of amides is 1. The lowest BCUT2D eigenvalue weighted by molar-refractivity contribution is -0.153. The molecule has 1 amide bonds. The van der Waals surface area contributed by atoms with E-state index in [4.69, 9.17) is 21.6 Å². The Morgan fingerprint density at radius 2 is 1.93 bits per heavy atom. The van der Waals surface area contributed by atoms with Crippen LogP contribution in [0.4, 0.5) is 5.69 Å². The smallest absolute Gasteiger partial charge is 0.306 e. The van der Waals surface area contributed by atoms with Crippen LogP contribution in [-0.4, -0.2) is 23.0 Å². The Labute approximate surface area is 167 Å². The van der Waals surface area contributed by atoms with Gasteiger partial charge in [0.1, 0.15) is 11.6 Å². The molecule has 7 nitrogen and oxygen atoms in total. The lowest BCUT2D eigenvalue weighted by atomic mass is 9.99. The van der Waals surface area contributed by atoms with Crippen molar-refractivity contribution >= 4 is 29.2 Å². The molecular formula is C20H20ClN3O4. The minimum Gasteiger partial charge on any atom is -0.453 e. The highest BCUT2D eigenvalue weighted by atomic mass is 35.5. The van der Waals surface area contributed by atoms with Crippen molar-refractivity contribution in [2.24, 2.45) is 0 Å². The molecule has 0 saturated heterocycles. The molecule has 0 aliphatic heterocycles. The van der Waals surface area contributed by atoms with Gasteiger partial charge in [-0.2, -0.15) is 5.26 Å². The van der Waals surface area contributed by atoms with Gasteiger partial charge < -0.3 is 15.0 Å². The van der Waals surface area contributed by atoms with Crippen molar-refractivity contribution in [2.45, 2.75) is 39.7 Å². The Kier molecular flexibility index (Phi) is 6.96. The van der Waals surface area contributed by atoms with Crippen LogP contribution < -0.4 is 10.9 Å². The van der Waals surface area contributed by atoms with Gasteiger partial charge in [0.15, 0.2) is 6.10 Å². The van der Waals surface area contributed by atoms with Gasteiger partial charge in [-0.3, -0.25) is 14.4 Å². The molecule has 1 atom stereocenters. The maximum atomic E-state index is 12.1. The molecule has 1 aromatic heterocycles. The summed E-state index contributed by atoms with van der Waals surface area (Å²) >= 11 is 5.80. The van der Waals surface area contributed by atoms with Gasteiger partial charge >= 0.3 is 5.97 Å². The maximum Gasteiger partial charge on any atom is 0.306 e. The molecular weight excluding hydrogens is 382 g/mol. The zero-order valence-electron chi connectivity index (χ0n) is 15.8. The number of nitriles is 1. The quantitative estimate of drug-likeness (QED) is 0.722. The first kappa shape index (κ1) is 21.2. The summed E-state index contributed by atoms with van der Waals surface area (Å²) in [5.74, 6) is -1.01. The molecule has 0 spiro atoms. The van der Waals surface area contributed by atoms with Crippen LogP contribution in [0.3, 0.4) is 0 Å². The summed E-state index contributed by atoms with van der Waals surface area (Å²) in [4.78, 5) is 38.6. The number of esters is 1. The van der Waals surface area contributed by atoms with Crippen LogP contribution in [0, 0.1) is 25.2 Å². The van der Waals surface area contributed by atoms with Crippen LogP contribution in [0.1, 0.15) is 35.7 Å². The fourth-order valence-electron chi connectivity index (χ4n) is 2.73. The predicted molar refractivity (Wildman–Crippen MR) is 105 cm³/mol. The first-order valence-corrected chi connectivity index (χ1v) is 8.99. The molecule has 2 rings (SSSR count). The van der Waals surface area contributed by atoms with E-state index in [1.807, 2.05) is 6.07 Å². The third-order valence-corrected chi connectivity index (χ3v) is 4.54. The van der Waals surface area contributed by atoms with Gasteiger partial charge in [-0.15, -0.1) is 0 Å². The van der Waals surface area contributed by atoms with Crippen molar-refractivity contribution in [1.29, 1.82) is 5.26 Å². The van der Waals surface area contributed by atoms with Gasteiger partial charge in [0.05, 0.1) is 0 Å². The zero-order valence-corrected chi connectivity index (χ0v) is 16.5. The predicted octanol–water partition coefficient (Wildman–Crippen LogP) is 3.02. The SMILES string of the molecule is Cc1[nH]c(=O)c(C#N)c(C)c1CCC(=O)O[C@@H](C)C(=O)Nc1ccc(Cl)cc1. The normalized spacial score (nSPS) is 11.4. The lowest BCUT2D eigenvalue weighted by Gasteiger charge is -2.14. The molecule has 0 fully saturated rings. The first-order valence-electron chi connectivity index (χ1n) is 8.61. The summed E-state index contributed by atoms with van der Waals surface area (Å²) in [5.41, 5.74) is 1.99. The van der Waals surface area contributed by atoms with Crippen LogP contribution in [-0.2, 0) is 20.7 Å². The second-order valence-electron chi connectivity index (χ2n) is 6.30. The molecule has 146 valence electrons. The van der Waals surface area contributed by atoms with Crippen LogP contribution in [0.15, 0.2) is 29.1 Å². The van der Waals surface area contributed by atoms with Crippen molar-refractivity contribution in [3.05, 3.63) is 62.0 Å². The molecule has 0 saturated carbocycles.